The van der Waals surface area contributed by atoms with Crippen LogP contribution in [-0.2, 0) is 0 Å². The van der Waals surface area contributed by atoms with Crippen molar-refractivity contribution in [3.8, 4) is 0 Å². The van der Waals surface area contributed by atoms with E-state index in [4.69, 9.17) is 0 Å². The number of likely N-dealkylation sites (N-methyl/N-ethyl adjacent to an activating group) is 1. The summed E-state index contributed by atoms with van der Waals surface area (Å²) in [6, 6.07) is 6.47. The highest BCUT2D eigenvalue weighted by Crippen LogP contribution is 2.22. The lowest BCUT2D eigenvalue weighted by atomic mass is 10.1. The van der Waals surface area contributed by atoms with E-state index >= 15 is 0 Å². The topological polar surface area (TPSA) is 23.6 Å². The molecule has 2 unspecified atom stereocenters. The van der Waals surface area contributed by atoms with E-state index in [9.17, 15) is 4.79 Å². The van der Waals surface area contributed by atoms with E-state index < -0.39 is 0 Å². The second-order valence-corrected chi connectivity index (χ2v) is 7.06. The van der Waals surface area contributed by atoms with E-state index in [1.54, 1.807) is 0 Å². The van der Waals surface area contributed by atoms with Crippen LogP contribution in [0.1, 0.15) is 24.2 Å². The monoisotopic (exact) mass is 388 g/mol. The molecule has 1 aliphatic heterocycles. The van der Waals surface area contributed by atoms with Crippen molar-refractivity contribution in [3.05, 3.63) is 32.7 Å². The van der Waals surface area contributed by atoms with Crippen LogP contribution in [0.25, 0.3) is 0 Å². The van der Waals surface area contributed by atoms with Crippen LogP contribution in [0.5, 0.6) is 0 Å². The summed E-state index contributed by atoms with van der Waals surface area (Å²) in [6.45, 7) is 5.88. The molecule has 5 heteroatoms. The molecule has 1 aromatic carbocycles. The third-order valence-corrected chi connectivity index (χ3v) is 4.67. The van der Waals surface area contributed by atoms with Crippen LogP contribution < -0.4 is 0 Å². The summed E-state index contributed by atoms with van der Waals surface area (Å²) in [5.74, 6) is 0.105. The van der Waals surface area contributed by atoms with E-state index in [0.29, 0.717) is 12.1 Å². The van der Waals surface area contributed by atoms with Gasteiger partial charge >= 0.3 is 0 Å². The Morgan fingerprint density at radius 3 is 2.05 bits per heavy atom. The molecule has 0 aliphatic carbocycles. The first-order valence-electron chi connectivity index (χ1n) is 6.36. The van der Waals surface area contributed by atoms with Crippen molar-refractivity contribution in [1.82, 2.24) is 9.80 Å². The molecule has 0 saturated carbocycles. The van der Waals surface area contributed by atoms with Gasteiger partial charge in [0.1, 0.15) is 0 Å². The van der Waals surface area contributed by atoms with Crippen LogP contribution in [0.2, 0.25) is 0 Å². The maximum atomic E-state index is 12.6. The minimum atomic E-state index is 0.105. The van der Waals surface area contributed by atoms with Gasteiger partial charge in [0.05, 0.1) is 0 Å². The van der Waals surface area contributed by atoms with Gasteiger partial charge in [-0.25, -0.2) is 0 Å². The standard InChI is InChI=1S/C14H18Br2N2O/c1-9-7-18(8-10(2)17(9)3)14(19)11-4-12(15)6-13(16)5-11/h4-6,9-10H,7-8H2,1-3H3. The number of benzene rings is 1. The summed E-state index contributed by atoms with van der Waals surface area (Å²) in [5, 5.41) is 0. The molecule has 3 nitrogen and oxygen atoms in total. The summed E-state index contributed by atoms with van der Waals surface area (Å²) in [6.07, 6.45) is 0. The quantitative estimate of drug-likeness (QED) is 0.735. The lowest BCUT2D eigenvalue weighted by Crippen LogP contribution is -2.56. The highest BCUT2D eigenvalue weighted by Gasteiger charge is 2.29. The molecule has 19 heavy (non-hydrogen) atoms. The Bertz CT molecular complexity index is 460. The second-order valence-electron chi connectivity index (χ2n) is 5.23. The van der Waals surface area contributed by atoms with E-state index in [1.807, 2.05) is 23.1 Å². The molecule has 0 aromatic heterocycles. The first kappa shape index (κ1) is 15.0. The van der Waals surface area contributed by atoms with Crippen molar-refractivity contribution < 1.29 is 4.79 Å². The smallest absolute Gasteiger partial charge is 0.254 e. The molecule has 1 fully saturated rings. The number of rotatable bonds is 1. The van der Waals surface area contributed by atoms with Gasteiger partial charge in [0, 0.05) is 39.7 Å². The van der Waals surface area contributed by atoms with Crippen LogP contribution in [0, 0.1) is 0 Å². The molecule has 1 aromatic rings. The van der Waals surface area contributed by atoms with E-state index in [1.165, 1.54) is 0 Å². The van der Waals surface area contributed by atoms with Crippen molar-refractivity contribution >= 4 is 37.8 Å². The molecular formula is C14H18Br2N2O. The third-order valence-electron chi connectivity index (χ3n) is 3.76. The fourth-order valence-corrected chi connectivity index (χ4v) is 3.72. The molecule has 1 aliphatic rings. The molecule has 0 radical (unpaired) electrons. The van der Waals surface area contributed by atoms with Crippen molar-refractivity contribution in [1.29, 1.82) is 0 Å². The first-order chi connectivity index (χ1) is 8.88. The molecule has 0 spiro atoms. The number of hydrogen-bond acceptors (Lipinski definition) is 2. The minimum Gasteiger partial charge on any atom is -0.336 e. The minimum absolute atomic E-state index is 0.105. The maximum absolute atomic E-state index is 12.6. The fraction of sp³-hybridized carbons (Fsp3) is 0.500. The SMILES string of the molecule is CC1CN(C(=O)c2cc(Br)cc(Br)c2)CC(C)N1C. The Labute approximate surface area is 131 Å². The van der Waals surface area contributed by atoms with Gasteiger partial charge in [-0.15, -0.1) is 0 Å². The van der Waals surface area contributed by atoms with Gasteiger partial charge in [-0.1, -0.05) is 31.9 Å². The fourth-order valence-electron chi connectivity index (χ4n) is 2.43. The largest absolute Gasteiger partial charge is 0.336 e. The molecule has 104 valence electrons. The number of amides is 1. The average Bonchev–Trinajstić information content (AvgIpc) is 2.33. The summed E-state index contributed by atoms with van der Waals surface area (Å²) < 4.78 is 1.83. The lowest BCUT2D eigenvalue weighted by Gasteiger charge is -2.42. The van der Waals surface area contributed by atoms with Crippen molar-refractivity contribution in [2.45, 2.75) is 25.9 Å². The highest BCUT2D eigenvalue weighted by atomic mass is 79.9. The number of hydrogen-bond donors (Lipinski definition) is 0. The molecule has 1 heterocycles. The van der Waals surface area contributed by atoms with Crippen LogP contribution in [-0.4, -0.2) is 47.9 Å². The van der Waals surface area contributed by atoms with Crippen molar-refractivity contribution in [2.24, 2.45) is 0 Å². The highest BCUT2D eigenvalue weighted by molar-refractivity contribution is 9.11. The molecule has 0 N–H and O–H groups in total. The third kappa shape index (κ3) is 3.38. The van der Waals surface area contributed by atoms with Gasteiger partial charge in [-0.05, 0) is 39.1 Å². The summed E-state index contributed by atoms with van der Waals surface area (Å²) in [4.78, 5) is 16.8. The van der Waals surface area contributed by atoms with Gasteiger partial charge in [0.2, 0.25) is 0 Å². The average molecular weight is 390 g/mol. The van der Waals surface area contributed by atoms with Crippen LogP contribution in [0.15, 0.2) is 27.1 Å². The predicted molar refractivity (Wildman–Crippen MR) is 84.4 cm³/mol. The molecule has 0 bridgehead atoms. The zero-order valence-electron chi connectivity index (χ0n) is 11.4. The number of piperazine rings is 1. The van der Waals surface area contributed by atoms with Gasteiger partial charge in [-0.3, -0.25) is 9.69 Å². The van der Waals surface area contributed by atoms with E-state index in [0.717, 1.165) is 27.6 Å². The van der Waals surface area contributed by atoms with E-state index in [2.05, 4.69) is 57.7 Å². The van der Waals surface area contributed by atoms with Gasteiger partial charge in [0.15, 0.2) is 0 Å². The van der Waals surface area contributed by atoms with Gasteiger partial charge in [-0.2, -0.15) is 0 Å². The first-order valence-corrected chi connectivity index (χ1v) is 7.94. The Hall–Kier alpha value is -0.390. The van der Waals surface area contributed by atoms with Crippen molar-refractivity contribution in [3.63, 3.8) is 0 Å². The maximum Gasteiger partial charge on any atom is 0.254 e. The summed E-state index contributed by atoms with van der Waals surface area (Å²) in [7, 11) is 2.12. The van der Waals surface area contributed by atoms with Gasteiger partial charge in [0.25, 0.3) is 5.91 Å². The zero-order valence-corrected chi connectivity index (χ0v) is 14.5. The number of carbonyl (C=O) groups is 1. The van der Waals surface area contributed by atoms with Crippen LogP contribution >= 0.6 is 31.9 Å². The van der Waals surface area contributed by atoms with Crippen LogP contribution in [0.4, 0.5) is 0 Å². The van der Waals surface area contributed by atoms with Crippen molar-refractivity contribution in [2.75, 3.05) is 20.1 Å². The molecule has 2 atom stereocenters. The molecule has 2 rings (SSSR count). The second kappa shape index (κ2) is 5.94. The molecule has 1 saturated heterocycles. The summed E-state index contributed by atoms with van der Waals surface area (Å²) >= 11 is 6.86. The van der Waals surface area contributed by atoms with Gasteiger partial charge < -0.3 is 4.90 Å². The Balaban J connectivity index is 2.20. The number of halogens is 2. The zero-order chi connectivity index (χ0) is 14.2. The van der Waals surface area contributed by atoms with E-state index in [-0.39, 0.29) is 5.91 Å². The number of nitrogens with zero attached hydrogens (tertiary/aromatic N) is 2. The molecule has 1 amide bonds. The predicted octanol–water partition coefficient (Wildman–Crippen LogP) is 3.38. The van der Waals surface area contributed by atoms with Crippen LogP contribution in [0.3, 0.4) is 0 Å². The Kier molecular flexibility index (Phi) is 4.69. The Morgan fingerprint density at radius 2 is 1.58 bits per heavy atom. The summed E-state index contributed by atoms with van der Waals surface area (Å²) in [5.41, 5.74) is 0.727. The number of carbonyl (C=O) groups excluding carboxylic acids is 1. The molecular weight excluding hydrogens is 372 g/mol. The lowest BCUT2D eigenvalue weighted by molar-refractivity contribution is 0.0414. The normalized spacial score (nSPS) is 24.6. The Morgan fingerprint density at radius 1 is 1.11 bits per heavy atom.